The molecule has 1 fully saturated rings. The Bertz CT molecular complexity index is 583. The van der Waals surface area contributed by atoms with E-state index < -0.39 is 0 Å². The number of nitriles is 1. The van der Waals surface area contributed by atoms with Crippen LogP contribution in [-0.4, -0.2) is 11.6 Å². The van der Waals surface area contributed by atoms with E-state index in [1.807, 2.05) is 30.6 Å². The number of benzene rings is 1. The molecule has 3 heteroatoms. The molecule has 2 unspecified atom stereocenters. The third-order valence-corrected chi connectivity index (χ3v) is 3.26. The fourth-order valence-corrected chi connectivity index (χ4v) is 2.39. The first kappa shape index (κ1) is 10.2. The molecule has 84 valence electrons. The van der Waals surface area contributed by atoms with Gasteiger partial charge in [-0.15, -0.1) is 0 Å². The van der Waals surface area contributed by atoms with E-state index in [1.165, 1.54) is 0 Å². The van der Waals surface area contributed by atoms with Gasteiger partial charge in [-0.05, 0) is 11.8 Å². The molecule has 1 saturated heterocycles. The minimum atomic E-state index is -0.126. The fraction of sp³-hybridized carbons (Fsp3) is 0.286. The van der Waals surface area contributed by atoms with Gasteiger partial charge in [-0.25, -0.2) is 0 Å². The zero-order valence-corrected chi connectivity index (χ0v) is 9.34. The average Bonchev–Trinajstić information content (AvgIpc) is 2.86. The molecule has 0 saturated carbocycles. The van der Waals surface area contributed by atoms with Crippen molar-refractivity contribution in [2.45, 2.75) is 12.5 Å². The molecule has 2 atom stereocenters. The molecule has 0 bridgehead atoms. The number of hydrogen-bond donors (Lipinski definition) is 0. The first-order valence-electron chi connectivity index (χ1n) is 5.74. The molecule has 0 spiro atoms. The summed E-state index contributed by atoms with van der Waals surface area (Å²) in [6.07, 6.45) is 4.35. The Morgan fingerprint density at radius 2 is 2.18 bits per heavy atom. The molecule has 0 amide bonds. The number of nitrogens with zero attached hydrogens (tertiary/aromatic N) is 2. The zero-order valence-electron chi connectivity index (χ0n) is 9.34. The van der Waals surface area contributed by atoms with Gasteiger partial charge < -0.3 is 4.74 Å². The van der Waals surface area contributed by atoms with Crippen molar-refractivity contribution in [2.75, 3.05) is 6.61 Å². The number of ether oxygens (including phenoxy) is 1. The van der Waals surface area contributed by atoms with Crippen LogP contribution in [0.2, 0.25) is 0 Å². The van der Waals surface area contributed by atoms with Gasteiger partial charge in [0.05, 0.1) is 12.0 Å². The normalized spacial score (nSPS) is 23.7. The lowest BCUT2D eigenvalue weighted by molar-refractivity contribution is 0.102. The number of pyridine rings is 1. The fourth-order valence-electron chi connectivity index (χ4n) is 2.39. The monoisotopic (exact) mass is 224 g/mol. The van der Waals surface area contributed by atoms with Gasteiger partial charge in [0.15, 0.2) is 0 Å². The standard InChI is InChI=1S/C14H12N2O/c15-7-10-5-6-17-14(10)13-9-16-8-11-3-1-2-4-12(11)13/h1-4,8-10,14H,5-6H2. The number of rotatable bonds is 1. The zero-order chi connectivity index (χ0) is 11.7. The SMILES string of the molecule is N#CC1CCOC1c1cncc2ccccc12. The molecule has 1 aliphatic rings. The van der Waals surface area contributed by atoms with Gasteiger partial charge in [-0.1, -0.05) is 24.3 Å². The summed E-state index contributed by atoms with van der Waals surface area (Å²) in [5.74, 6) is -0.0531. The van der Waals surface area contributed by atoms with E-state index in [1.54, 1.807) is 0 Å². The van der Waals surface area contributed by atoms with E-state index in [0.29, 0.717) is 6.61 Å². The quantitative estimate of drug-likeness (QED) is 0.748. The summed E-state index contributed by atoms with van der Waals surface area (Å²) in [6, 6.07) is 10.4. The first-order chi connectivity index (χ1) is 8.40. The van der Waals surface area contributed by atoms with Crippen LogP contribution in [0.3, 0.4) is 0 Å². The van der Waals surface area contributed by atoms with E-state index in [2.05, 4.69) is 17.1 Å². The van der Waals surface area contributed by atoms with Crippen molar-refractivity contribution in [2.24, 2.45) is 5.92 Å². The average molecular weight is 224 g/mol. The van der Waals surface area contributed by atoms with Gasteiger partial charge in [0, 0.05) is 30.0 Å². The predicted molar refractivity (Wildman–Crippen MR) is 64.2 cm³/mol. The second-order valence-electron chi connectivity index (χ2n) is 4.27. The topological polar surface area (TPSA) is 45.9 Å². The van der Waals surface area contributed by atoms with Crippen LogP contribution in [-0.2, 0) is 4.74 Å². The molecule has 0 aliphatic carbocycles. The Morgan fingerprint density at radius 3 is 3.06 bits per heavy atom. The van der Waals surface area contributed by atoms with Gasteiger partial charge in [-0.3, -0.25) is 4.98 Å². The minimum Gasteiger partial charge on any atom is -0.372 e. The summed E-state index contributed by atoms with van der Waals surface area (Å²) in [6.45, 7) is 0.659. The van der Waals surface area contributed by atoms with Crippen molar-refractivity contribution in [3.05, 3.63) is 42.2 Å². The summed E-state index contributed by atoms with van der Waals surface area (Å²) >= 11 is 0. The van der Waals surface area contributed by atoms with Crippen molar-refractivity contribution in [3.63, 3.8) is 0 Å². The smallest absolute Gasteiger partial charge is 0.100 e. The molecular formula is C14H12N2O. The second kappa shape index (κ2) is 4.15. The van der Waals surface area contributed by atoms with Crippen LogP contribution >= 0.6 is 0 Å². The van der Waals surface area contributed by atoms with Crippen molar-refractivity contribution in [3.8, 4) is 6.07 Å². The highest BCUT2D eigenvalue weighted by molar-refractivity contribution is 5.85. The lowest BCUT2D eigenvalue weighted by Gasteiger charge is -2.15. The van der Waals surface area contributed by atoms with E-state index in [0.717, 1.165) is 22.8 Å². The van der Waals surface area contributed by atoms with Gasteiger partial charge in [0.2, 0.25) is 0 Å². The van der Waals surface area contributed by atoms with Crippen LogP contribution in [0.1, 0.15) is 18.1 Å². The largest absolute Gasteiger partial charge is 0.372 e. The first-order valence-corrected chi connectivity index (χ1v) is 5.74. The summed E-state index contributed by atoms with van der Waals surface area (Å²) < 4.78 is 5.69. The molecule has 0 radical (unpaired) electrons. The maximum atomic E-state index is 9.12. The summed E-state index contributed by atoms with van der Waals surface area (Å²) in [5.41, 5.74) is 1.03. The van der Waals surface area contributed by atoms with Crippen molar-refractivity contribution < 1.29 is 4.74 Å². The minimum absolute atomic E-state index is 0.0531. The highest BCUT2D eigenvalue weighted by Gasteiger charge is 2.30. The highest BCUT2D eigenvalue weighted by Crippen LogP contribution is 2.36. The van der Waals surface area contributed by atoms with Gasteiger partial charge in [-0.2, -0.15) is 5.26 Å². The van der Waals surface area contributed by atoms with E-state index >= 15 is 0 Å². The number of fused-ring (bicyclic) bond motifs is 1. The molecule has 1 aromatic carbocycles. The lowest BCUT2D eigenvalue weighted by Crippen LogP contribution is -2.06. The Hall–Kier alpha value is -1.92. The molecule has 1 aliphatic heterocycles. The maximum absolute atomic E-state index is 9.12. The van der Waals surface area contributed by atoms with E-state index in [4.69, 9.17) is 10.00 Å². The lowest BCUT2D eigenvalue weighted by atomic mass is 9.94. The van der Waals surface area contributed by atoms with Crippen LogP contribution < -0.4 is 0 Å². The van der Waals surface area contributed by atoms with E-state index in [9.17, 15) is 0 Å². The van der Waals surface area contributed by atoms with Crippen LogP contribution in [0.5, 0.6) is 0 Å². The van der Waals surface area contributed by atoms with Crippen LogP contribution in [0.25, 0.3) is 10.8 Å². The van der Waals surface area contributed by atoms with Crippen LogP contribution in [0, 0.1) is 17.2 Å². The number of aromatic nitrogens is 1. The van der Waals surface area contributed by atoms with Gasteiger partial charge in [0.25, 0.3) is 0 Å². The molecule has 2 heterocycles. The molecule has 1 aromatic heterocycles. The van der Waals surface area contributed by atoms with E-state index in [-0.39, 0.29) is 12.0 Å². The van der Waals surface area contributed by atoms with Crippen molar-refractivity contribution in [1.29, 1.82) is 5.26 Å². The van der Waals surface area contributed by atoms with Crippen molar-refractivity contribution in [1.82, 2.24) is 4.98 Å². The van der Waals surface area contributed by atoms with Crippen LogP contribution in [0.4, 0.5) is 0 Å². The molecule has 0 N–H and O–H groups in total. The summed E-state index contributed by atoms with van der Waals surface area (Å²) in [7, 11) is 0. The molecule has 3 rings (SSSR count). The van der Waals surface area contributed by atoms with Gasteiger partial charge in [0.1, 0.15) is 6.10 Å². The molecule has 3 nitrogen and oxygen atoms in total. The Balaban J connectivity index is 2.14. The predicted octanol–water partition coefficient (Wildman–Crippen LogP) is 2.84. The third-order valence-electron chi connectivity index (χ3n) is 3.26. The molecular weight excluding hydrogens is 212 g/mol. The highest BCUT2D eigenvalue weighted by atomic mass is 16.5. The second-order valence-corrected chi connectivity index (χ2v) is 4.27. The van der Waals surface area contributed by atoms with Gasteiger partial charge >= 0.3 is 0 Å². The molecule has 17 heavy (non-hydrogen) atoms. The number of hydrogen-bond acceptors (Lipinski definition) is 3. The summed E-state index contributed by atoms with van der Waals surface area (Å²) in [4.78, 5) is 4.24. The Labute approximate surface area is 99.7 Å². The summed E-state index contributed by atoms with van der Waals surface area (Å²) in [5, 5.41) is 11.3. The Kier molecular flexibility index (Phi) is 2.50. The Morgan fingerprint density at radius 1 is 1.29 bits per heavy atom. The third kappa shape index (κ3) is 1.67. The molecule has 2 aromatic rings. The maximum Gasteiger partial charge on any atom is 0.100 e. The van der Waals surface area contributed by atoms with Crippen LogP contribution in [0.15, 0.2) is 36.7 Å². The van der Waals surface area contributed by atoms with Crippen molar-refractivity contribution >= 4 is 10.8 Å².